The number of nitrogens with one attached hydrogen (secondary N) is 2. The number of carbonyl (C=O) groups excluding carboxylic acids is 4. The van der Waals surface area contributed by atoms with Crippen molar-refractivity contribution in [2.45, 2.75) is 251 Å². The Balaban J connectivity index is 1.71. The Morgan fingerprint density at radius 3 is 1.85 bits per heavy atom. The van der Waals surface area contributed by atoms with Crippen LogP contribution in [0.25, 0.3) is 0 Å². The summed E-state index contributed by atoms with van der Waals surface area (Å²) in [6.07, 6.45) is -12.9. The highest BCUT2D eigenvalue weighted by Gasteiger charge is 2.61. The highest BCUT2D eigenvalue weighted by Crippen LogP contribution is 2.49. The van der Waals surface area contributed by atoms with Crippen molar-refractivity contribution in [3.8, 4) is 0 Å². The number of phosphoric ester groups is 1. The zero-order chi connectivity index (χ0) is 59.7. The minimum absolute atomic E-state index is 0.0574. The van der Waals surface area contributed by atoms with E-state index in [0.29, 0.717) is 12.3 Å². The van der Waals surface area contributed by atoms with Gasteiger partial charge in [0.05, 0.1) is 19.3 Å². The van der Waals surface area contributed by atoms with Gasteiger partial charge in [0, 0.05) is 20.5 Å². The van der Waals surface area contributed by atoms with Crippen LogP contribution in [0.3, 0.4) is 0 Å². The fraction of sp³-hybridized carbons (Fsp3) is 0.904. The van der Waals surface area contributed by atoms with Crippen molar-refractivity contribution in [2.24, 2.45) is 40.6 Å². The number of nitrogens with two attached hydrogens (primary N) is 2. The highest BCUT2D eigenvalue weighted by molar-refractivity contribution is 7.47. The van der Waals surface area contributed by atoms with Gasteiger partial charge in [0.2, 0.25) is 17.7 Å². The number of aliphatic hydroxyl groups is 5. The van der Waals surface area contributed by atoms with Crippen LogP contribution in [-0.2, 0) is 65.9 Å². The predicted molar refractivity (Wildman–Crippen MR) is 282 cm³/mol. The molecule has 4 amide bonds. The lowest BCUT2D eigenvalue weighted by Crippen LogP contribution is -2.72. The molecule has 26 nitrogen and oxygen atoms in total. The van der Waals surface area contributed by atoms with Crippen LogP contribution in [0.4, 0.5) is 4.79 Å². The maximum atomic E-state index is 13.7. The lowest BCUT2D eigenvalue weighted by atomic mass is 9.79. The second-order valence-electron chi connectivity index (χ2n) is 23.5. The van der Waals surface area contributed by atoms with Crippen LogP contribution in [0.2, 0.25) is 0 Å². The number of phosphoric acid groups is 1. The second kappa shape index (κ2) is 32.0. The number of unbranched alkanes of at least 4 members (excludes halogenated alkanes) is 1. The summed E-state index contributed by atoms with van der Waals surface area (Å²) in [5.41, 5.74) is 8.37. The van der Waals surface area contributed by atoms with E-state index >= 15 is 0 Å². The molecule has 0 aromatic rings. The van der Waals surface area contributed by atoms with Gasteiger partial charge >= 0.3 is 19.9 Å². The third kappa shape index (κ3) is 22.5. The molecule has 0 aromatic carbocycles. The van der Waals surface area contributed by atoms with Crippen LogP contribution in [-0.4, -0.2) is 183 Å². The van der Waals surface area contributed by atoms with Gasteiger partial charge in [0.15, 0.2) is 43.3 Å². The van der Waals surface area contributed by atoms with Gasteiger partial charge in [0.25, 0.3) is 0 Å². The number of ether oxygens (including phenoxy) is 7. The van der Waals surface area contributed by atoms with Crippen LogP contribution in [0.15, 0.2) is 0 Å². The maximum absolute atomic E-state index is 13.7. The number of primary amides is 2. The number of carbonyl (C=O) groups is 5. The van der Waals surface area contributed by atoms with E-state index in [4.69, 9.17) is 53.7 Å². The summed E-state index contributed by atoms with van der Waals surface area (Å²) in [6, 6.07) is -3.25. The van der Waals surface area contributed by atoms with Crippen molar-refractivity contribution in [1.29, 1.82) is 0 Å². The Bertz CT molecular complexity index is 1970. The largest absolute Gasteiger partial charge is 0.479 e. The van der Waals surface area contributed by atoms with Crippen molar-refractivity contribution in [2.75, 3.05) is 19.8 Å². The first-order chi connectivity index (χ1) is 36.7. The van der Waals surface area contributed by atoms with Crippen LogP contribution < -0.4 is 22.1 Å². The van der Waals surface area contributed by atoms with E-state index in [0.717, 1.165) is 64.7 Å². The SMILES string of the molecule is CC(=O)NC1C(OC2C(CO)OC(OC3C(OP(=O)(O)OC[C@@H](OCCC(C)CCCCC(C)(C)CCC(C)CCC(C)CCCC(C)C)C(=O)O)OC(C(N)=O)C(C)(O)C3OC(N)=O)C(NC(C)=O)C2O)OC(C)C(O)C1O. The molecule has 460 valence electrons. The summed E-state index contributed by atoms with van der Waals surface area (Å²) in [7, 11) is -5.60. The second-order valence-corrected chi connectivity index (χ2v) is 24.9. The number of aliphatic hydroxyl groups excluding tert-OH is 4. The minimum Gasteiger partial charge on any atom is -0.479 e. The molecule has 0 bridgehead atoms. The Morgan fingerprint density at radius 2 is 1.29 bits per heavy atom. The molecule has 27 heteroatoms. The van der Waals surface area contributed by atoms with Crippen LogP contribution in [0, 0.1) is 29.1 Å². The molecular formula is C52H95N4O22P. The van der Waals surface area contributed by atoms with Gasteiger partial charge in [-0.1, -0.05) is 106 Å². The molecule has 0 radical (unpaired) electrons. The van der Waals surface area contributed by atoms with Crippen LogP contribution >= 0.6 is 7.82 Å². The number of carboxylic acid groups (broad SMARTS) is 1. The van der Waals surface area contributed by atoms with Gasteiger partial charge in [-0.3, -0.25) is 23.4 Å². The molecule has 0 spiro atoms. The fourth-order valence-corrected chi connectivity index (χ4v) is 10.9. The summed E-state index contributed by atoms with van der Waals surface area (Å²) >= 11 is 0. The molecule has 0 aromatic heterocycles. The van der Waals surface area contributed by atoms with Crippen molar-refractivity contribution >= 4 is 37.6 Å². The van der Waals surface area contributed by atoms with E-state index < -0.39 is 148 Å². The number of aliphatic carboxylic acids is 1. The average Bonchev–Trinajstić information content (AvgIpc) is 3.38. The van der Waals surface area contributed by atoms with Crippen molar-refractivity contribution in [1.82, 2.24) is 10.6 Å². The fourth-order valence-electron chi connectivity index (χ4n) is 10.1. The summed E-state index contributed by atoms with van der Waals surface area (Å²) in [4.78, 5) is 73.2. The Labute approximate surface area is 464 Å². The van der Waals surface area contributed by atoms with E-state index in [1.165, 1.54) is 45.4 Å². The molecule has 13 N–H and O–H groups in total. The highest BCUT2D eigenvalue weighted by atomic mass is 31.2. The maximum Gasteiger partial charge on any atom is 0.474 e. The van der Waals surface area contributed by atoms with Crippen LogP contribution in [0.5, 0.6) is 0 Å². The first-order valence-electron chi connectivity index (χ1n) is 27.6. The zero-order valence-electron chi connectivity index (χ0n) is 47.9. The van der Waals surface area contributed by atoms with Gasteiger partial charge in [0.1, 0.15) is 48.2 Å². The van der Waals surface area contributed by atoms with E-state index in [-0.39, 0.29) is 17.9 Å². The minimum atomic E-state index is -5.60. The number of hydrogen-bond acceptors (Lipinski definition) is 20. The lowest BCUT2D eigenvalue weighted by molar-refractivity contribution is -0.364. The van der Waals surface area contributed by atoms with Crippen molar-refractivity contribution in [3.63, 3.8) is 0 Å². The first-order valence-corrected chi connectivity index (χ1v) is 29.1. The monoisotopic (exact) mass is 1160 g/mol. The van der Waals surface area contributed by atoms with Gasteiger partial charge in [-0.15, -0.1) is 0 Å². The van der Waals surface area contributed by atoms with Gasteiger partial charge in [-0.2, -0.15) is 0 Å². The molecule has 20 atom stereocenters. The molecule has 79 heavy (non-hydrogen) atoms. The molecule has 3 saturated heterocycles. The molecule has 0 aliphatic carbocycles. The standard InChI is InChI=1S/C52H95N4O22P/c1-27(2)15-14-17-28(3)18-19-30(5)20-23-51(9,10)22-13-12-16-29(4)21-24-70-35(46(64)65)26-71-79(68,69)78-49-42(43(77-50(54)66)52(11,67)44(76-49)45(53)63)75-48-37(56-33(8)59)40(62)41(34(25-57)73-48)74-47-36(55-32(7)58)39(61)38(60)31(6)72-47/h27-31,34-44,47-49,57,60-62,67H,12-26H2,1-11H3,(H2,53,63)(H2,54,66)(H,55,58)(H,56,59)(H,64,65)(H,68,69)/t28?,29?,30?,31?,34?,35-,36?,37?,38?,39?,40?,41?,42?,43?,44?,47?,48?,49?,52?/m1/s1. The smallest absolute Gasteiger partial charge is 0.474 e. The molecule has 3 rings (SSSR count). The number of carboxylic acids is 1. The summed E-state index contributed by atoms with van der Waals surface area (Å²) in [5.74, 6) is -2.19. The van der Waals surface area contributed by atoms with Crippen molar-refractivity contribution < 1.29 is 106 Å². The molecule has 3 fully saturated rings. The van der Waals surface area contributed by atoms with E-state index in [1.807, 2.05) is 6.92 Å². The molecule has 0 saturated carbocycles. The summed E-state index contributed by atoms with van der Waals surface area (Å²) < 4.78 is 64.1. The van der Waals surface area contributed by atoms with E-state index in [2.05, 4.69) is 52.2 Å². The number of hydrogen-bond donors (Lipinski definition) is 11. The Hall–Kier alpha value is -3.18. The summed E-state index contributed by atoms with van der Waals surface area (Å²) in [6.45, 7) is 18.2. The number of amides is 4. The predicted octanol–water partition coefficient (Wildman–Crippen LogP) is 2.61. The molecule has 3 aliphatic rings. The first kappa shape index (κ1) is 70.1. The van der Waals surface area contributed by atoms with Gasteiger partial charge in [-0.05, 0) is 62.2 Å². The van der Waals surface area contributed by atoms with Crippen molar-refractivity contribution in [3.05, 3.63) is 0 Å². The molecule has 3 heterocycles. The molecule has 3 aliphatic heterocycles. The average molecular weight is 1160 g/mol. The quantitative estimate of drug-likeness (QED) is 0.0326. The summed E-state index contributed by atoms with van der Waals surface area (Å²) in [5, 5.41) is 70.1. The third-order valence-corrected chi connectivity index (χ3v) is 16.0. The molecular weight excluding hydrogens is 1060 g/mol. The topological polar surface area (TPSA) is 403 Å². The third-order valence-electron chi connectivity index (χ3n) is 15.0. The van der Waals surface area contributed by atoms with Gasteiger partial charge < -0.3 is 90.8 Å². The van der Waals surface area contributed by atoms with E-state index in [1.54, 1.807) is 0 Å². The zero-order valence-corrected chi connectivity index (χ0v) is 48.8. The Morgan fingerprint density at radius 1 is 0.734 bits per heavy atom. The molecule has 19 unspecified atom stereocenters. The lowest BCUT2D eigenvalue weighted by Gasteiger charge is -2.51. The van der Waals surface area contributed by atoms with Gasteiger partial charge in [-0.25, -0.2) is 14.2 Å². The Kier molecular flexibility index (Phi) is 28.4. The number of rotatable bonds is 34. The van der Waals surface area contributed by atoms with Crippen LogP contribution in [0.1, 0.15) is 153 Å². The van der Waals surface area contributed by atoms with E-state index in [9.17, 15) is 64.1 Å². The normalized spacial score (nSPS) is 32.7.